The minimum Gasteiger partial charge on any atom is -0.232 e. The van der Waals surface area contributed by atoms with Crippen molar-refractivity contribution in [3.63, 3.8) is 0 Å². The summed E-state index contributed by atoms with van der Waals surface area (Å²) >= 11 is 0. The van der Waals surface area contributed by atoms with E-state index in [1.54, 1.807) is 10.7 Å². The summed E-state index contributed by atoms with van der Waals surface area (Å²) in [6.45, 7) is -1.57. The average molecular weight is 264 g/mol. The largest absolute Gasteiger partial charge is 0.290 e. The third-order valence-electron chi connectivity index (χ3n) is 4.08. The SMILES string of the molecule is [2H]C([2H])([2H])[n+]1c2n(c3cn4ncccc4c31)Cc1ccccc1-2. The predicted molar refractivity (Wildman–Crippen MR) is 76.4 cm³/mol. The van der Waals surface area contributed by atoms with Gasteiger partial charge in [-0.15, -0.1) is 0 Å². The van der Waals surface area contributed by atoms with E-state index in [9.17, 15) is 0 Å². The molecule has 0 N–H and O–H groups in total. The van der Waals surface area contributed by atoms with Crippen molar-refractivity contribution in [1.82, 2.24) is 14.2 Å². The first-order valence-corrected chi connectivity index (χ1v) is 6.55. The van der Waals surface area contributed by atoms with E-state index >= 15 is 0 Å². The molecule has 20 heavy (non-hydrogen) atoms. The summed E-state index contributed by atoms with van der Waals surface area (Å²) in [6, 6.07) is 11.7. The van der Waals surface area contributed by atoms with Gasteiger partial charge >= 0.3 is 0 Å². The molecule has 0 saturated carbocycles. The van der Waals surface area contributed by atoms with Crippen LogP contribution in [0.2, 0.25) is 0 Å². The van der Waals surface area contributed by atoms with Gasteiger partial charge in [-0.2, -0.15) is 5.10 Å². The second-order valence-corrected chi connectivity index (χ2v) is 5.12. The molecule has 0 radical (unpaired) electrons. The first kappa shape index (κ1) is 7.85. The molecule has 1 aromatic carbocycles. The van der Waals surface area contributed by atoms with Gasteiger partial charge in [0.2, 0.25) is 5.52 Å². The second kappa shape index (κ2) is 3.28. The van der Waals surface area contributed by atoms with E-state index in [4.69, 9.17) is 4.11 Å². The van der Waals surface area contributed by atoms with Gasteiger partial charge < -0.3 is 0 Å². The minimum absolute atomic E-state index is 0.683. The molecule has 4 heterocycles. The van der Waals surface area contributed by atoms with Gasteiger partial charge in [-0.05, 0) is 18.2 Å². The molecule has 4 aromatic rings. The molecule has 0 spiro atoms. The van der Waals surface area contributed by atoms with Crippen molar-refractivity contribution in [3.05, 3.63) is 54.4 Å². The summed E-state index contributed by atoms with van der Waals surface area (Å²) in [5, 5.41) is 4.29. The highest BCUT2D eigenvalue weighted by atomic mass is 15.3. The Morgan fingerprint density at radius 2 is 2.15 bits per heavy atom. The highest BCUT2D eigenvalue weighted by Crippen LogP contribution is 2.34. The number of hydrogen-bond donors (Lipinski definition) is 0. The van der Waals surface area contributed by atoms with Gasteiger partial charge in [0, 0.05) is 11.8 Å². The molecule has 0 unspecified atom stereocenters. The van der Waals surface area contributed by atoms with E-state index in [1.807, 2.05) is 42.6 Å². The molecule has 96 valence electrons. The maximum atomic E-state index is 8.05. The molecule has 1 aliphatic heterocycles. The summed E-state index contributed by atoms with van der Waals surface area (Å²) in [5.41, 5.74) is 4.54. The van der Waals surface area contributed by atoms with Crippen molar-refractivity contribution in [2.75, 3.05) is 0 Å². The van der Waals surface area contributed by atoms with Crippen molar-refractivity contribution in [2.45, 2.75) is 6.54 Å². The molecule has 0 bridgehead atoms. The minimum atomic E-state index is -2.26. The number of aryl methyl sites for hydroxylation is 1. The Morgan fingerprint density at radius 1 is 1.20 bits per heavy atom. The van der Waals surface area contributed by atoms with Crippen LogP contribution >= 0.6 is 0 Å². The van der Waals surface area contributed by atoms with Crippen LogP contribution in [0.4, 0.5) is 0 Å². The lowest BCUT2D eigenvalue weighted by Crippen LogP contribution is -2.29. The summed E-state index contributed by atoms with van der Waals surface area (Å²) in [6.07, 6.45) is 3.60. The fourth-order valence-electron chi connectivity index (χ4n) is 3.22. The van der Waals surface area contributed by atoms with Gasteiger partial charge in [-0.3, -0.25) is 0 Å². The summed E-state index contributed by atoms with van der Waals surface area (Å²) in [4.78, 5) is 0. The van der Waals surface area contributed by atoms with E-state index in [2.05, 4.69) is 9.67 Å². The predicted octanol–water partition coefficient (Wildman–Crippen LogP) is 2.14. The molecule has 1 aliphatic rings. The van der Waals surface area contributed by atoms with Crippen LogP contribution in [-0.2, 0) is 13.5 Å². The normalized spacial score (nSPS) is 15.9. The van der Waals surface area contributed by atoms with Gasteiger partial charge in [0.1, 0.15) is 12.1 Å². The lowest BCUT2D eigenvalue weighted by atomic mass is 10.1. The molecule has 0 saturated heterocycles. The van der Waals surface area contributed by atoms with Gasteiger partial charge in [0.05, 0.1) is 22.8 Å². The molecular formula is C16H13N4+. The van der Waals surface area contributed by atoms with Gasteiger partial charge in [0.15, 0.2) is 5.52 Å². The lowest BCUT2D eigenvalue weighted by molar-refractivity contribution is -0.633. The van der Waals surface area contributed by atoms with Crippen molar-refractivity contribution < 1.29 is 8.68 Å². The number of nitrogens with zero attached hydrogens (tertiary/aromatic N) is 4. The standard InChI is InChI=1S/C16H13N4/c1-18-15-13-7-4-8-17-20(13)10-14(15)19-9-11-5-2-3-6-12(11)16(18)19/h2-8,10H,9H2,1H3/q+1/i1D3. The Kier molecular flexibility index (Phi) is 1.29. The monoisotopic (exact) mass is 264 g/mol. The van der Waals surface area contributed by atoms with Gasteiger partial charge in [0.25, 0.3) is 5.82 Å². The van der Waals surface area contributed by atoms with E-state index in [-0.39, 0.29) is 0 Å². The van der Waals surface area contributed by atoms with Crippen molar-refractivity contribution >= 4 is 16.6 Å². The van der Waals surface area contributed by atoms with E-state index in [1.165, 1.54) is 4.57 Å². The van der Waals surface area contributed by atoms with E-state index in [0.29, 0.717) is 12.1 Å². The number of hydrogen-bond acceptors (Lipinski definition) is 1. The first-order chi connectivity index (χ1) is 11.1. The Balaban J connectivity index is 2.01. The van der Waals surface area contributed by atoms with Crippen LogP contribution in [0.5, 0.6) is 0 Å². The number of rotatable bonds is 0. The maximum Gasteiger partial charge on any atom is 0.290 e. The summed E-state index contributed by atoms with van der Waals surface area (Å²) in [7, 11) is 0. The molecule has 0 aliphatic carbocycles. The number of benzene rings is 1. The zero-order valence-corrected chi connectivity index (χ0v) is 10.6. The van der Waals surface area contributed by atoms with Crippen LogP contribution < -0.4 is 4.57 Å². The third-order valence-corrected chi connectivity index (χ3v) is 4.08. The highest BCUT2D eigenvalue weighted by Gasteiger charge is 2.33. The second-order valence-electron chi connectivity index (χ2n) is 5.12. The average Bonchev–Trinajstić information content (AvgIpc) is 3.13. The van der Waals surface area contributed by atoms with E-state index < -0.39 is 6.98 Å². The molecule has 0 amide bonds. The zero-order valence-electron chi connectivity index (χ0n) is 13.6. The van der Waals surface area contributed by atoms with Crippen LogP contribution in [0.25, 0.3) is 27.9 Å². The number of fused-ring (bicyclic) bond motifs is 7. The molecule has 0 atom stereocenters. The Bertz CT molecular complexity index is 1090. The smallest absolute Gasteiger partial charge is 0.232 e. The van der Waals surface area contributed by atoms with Crippen molar-refractivity contribution in [3.8, 4) is 11.4 Å². The number of imidazole rings is 1. The van der Waals surface area contributed by atoms with Crippen LogP contribution in [0.3, 0.4) is 0 Å². The first-order valence-electron chi connectivity index (χ1n) is 8.05. The summed E-state index contributed by atoms with van der Waals surface area (Å²) in [5.74, 6) is 0.747. The zero-order chi connectivity index (χ0) is 15.8. The molecule has 5 rings (SSSR count). The van der Waals surface area contributed by atoms with Crippen LogP contribution in [-0.4, -0.2) is 14.2 Å². The molecule has 0 fully saturated rings. The Labute approximate surface area is 119 Å². The summed E-state index contributed by atoms with van der Waals surface area (Å²) < 4.78 is 29.4. The Morgan fingerprint density at radius 3 is 3.10 bits per heavy atom. The topological polar surface area (TPSA) is 26.1 Å². The fourth-order valence-corrected chi connectivity index (χ4v) is 3.22. The fraction of sp³-hybridized carbons (Fsp3) is 0.125. The maximum absolute atomic E-state index is 8.05. The number of aromatic nitrogens is 4. The molecule has 4 heteroatoms. The quantitative estimate of drug-likeness (QED) is 0.394. The van der Waals surface area contributed by atoms with E-state index in [0.717, 1.165) is 28.0 Å². The Hall–Kier alpha value is -2.62. The van der Waals surface area contributed by atoms with Crippen molar-refractivity contribution in [1.29, 1.82) is 0 Å². The van der Waals surface area contributed by atoms with Crippen LogP contribution in [0, 0.1) is 0 Å². The third kappa shape index (κ3) is 1.04. The molecular weight excluding hydrogens is 248 g/mol. The van der Waals surface area contributed by atoms with Gasteiger partial charge in [-0.1, -0.05) is 18.2 Å². The van der Waals surface area contributed by atoms with Gasteiger partial charge in [-0.25, -0.2) is 13.6 Å². The van der Waals surface area contributed by atoms with Crippen LogP contribution in [0.15, 0.2) is 48.8 Å². The van der Waals surface area contributed by atoms with Crippen molar-refractivity contribution in [2.24, 2.45) is 6.98 Å². The lowest BCUT2D eigenvalue weighted by Gasteiger charge is -1.96. The molecule has 4 nitrogen and oxygen atoms in total. The van der Waals surface area contributed by atoms with Crippen LogP contribution in [0.1, 0.15) is 9.68 Å². The highest BCUT2D eigenvalue weighted by molar-refractivity contribution is 5.91. The molecule has 3 aromatic heterocycles.